The molecule has 0 saturated heterocycles. The maximum atomic E-state index is 11.6. The Morgan fingerprint density at radius 2 is 2.50 bits per heavy atom. The molecule has 0 spiro atoms. The van der Waals surface area contributed by atoms with Gasteiger partial charge in [-0.1, -0.05) is 5.21 Å². The topological polar surface area (TPSA) is 111 Å². The Kier molecular flexibility index (Phi) is 3.84. The highest BCUT2D eigenvalue weighted by atomic mass is 16.5. The lowest BCUT2D eigenvalue weighted by Crippen LogP contribution is -2.15. The van der Waals surface area contributed by atoms with Crippen molar-refractivity contribution >= 4 is 11.9 Å². The molecule has 0 bridgehead atoms. The van der Waals surface area contributed by atoms with Gasteiger partial charge < -0.3 is 4.74 Å². The highest BCUT2D eigenvalue weighted by Crippen LogP contribution is 2.05. The van der Waals surface area contributed by atoms with Gasteiger partial charge in [-0.15, -0.1) is 10.2 Å². The molecule has 9 heteroatoms. The molecule has 0 saturated carbocycles. The van der Waals surface area contributed by atoms with Gasteiger partial charge in [-0.05, 0) is 6.92 Å². The lowest BCUT2D eigenvalue weighted by molar-refractivity contribution is -0.116. The number of nitrogens with one attached hydrogen (secondary N) is 2. The quantitative estimate of drug-likeness (QED) is 0.737. The van der Waals surface area contributed by atoms with Gasteiger partial charge in [0.05, 0.1) is 19.3 Å². The van der Waals surface area contributed by atoms with Crippen LogP contribution < -0.4 is 10.1 Å². The van der Waals surface area contributed by atoms with Crippen molar-refractivity contribution in [2.75, 3.05) is 11.9 Å². The van der Waals surface area contributed by atoms with Crippen LogP contribution in [0.4, 0.5) is 5.95 Å². The number of aromatic amines is 1. The summed E-state index contributed by atoms with van der Waals surface area (Å²) in [6.07, 6.45) is 3.52. The predicted octanol–water partition coefficient (Wildman–Crippen LogP) is -0.176. The van der Waals surface area contributed by atoms with E-state index in [2.05, 4.69) is 30.8 Å². The molecule has 0 unspecified atom stereocenters. The minimum absolute atomic E-state index is 0.190. The average Bonchev–Trinajstić information content (AvgIpc) is 2.99. The zero-order valence-electron chi connectivity index (χ0n) is 9.83. The lowest BCUT2D eigenvalue weighted by atomic mass is 10.4. The fourth-order valence-electron chi connectivity index (χ4n) is 1.26. The molecule has 0 aliphatic carbocycles. The first-order chi connectivity index (χ1) is 8.78. The fraction of sp³-hybridized carbons (Fsp3) is 0.444. The number of hydrogen-bond donors (Lipinski definition) is 2. The van der Waals surface area contributed by atoms with Crippen molar-refractivity contribution in [1.29, 1.82) is 0 Å². The number of ether oxygens (including phenoxy) is 1. The van der Waals surface area contributed by atoms with E-state index in [0.29, 0.717) is 13.2 Å². The van der Waals surface area contributed by atoms with Crippen LogP contribution in [-0.2, 0) is 11.3 Å². The summed E-state index contributed by atoms with van der Waals surface area (Å²) >= 11 is 0. The summed E-state index contributed by atoms with van der Waals surface area (Å²) in [6, 6.07) is 0.212. The third-order valence-electron chi connectivity index (χ3n) is 2.04. The molecule has 2 aromatic heterocycles. The summed E-state index contributed by atoms with van der Waals surface area (Å²) in [7, 11) is 0. The Bertz CT molecular complexity index is 493. The molecule has 2 heterocycles. The Balaban J connectivity index is 1.79. The number of rotatable bonds is 6. The maximum Gasteiger partial charge on any atom is 0.337 e. The van der Waals surface area contributed by atoms with Gasteiger partial charge in [0.1, 0.15) is 0 Å². The van der Waals surface area contributed by atoms with Crippen LogP contribution in [0, 0.1) is 0 Å². The number of nitrogens with zero attached hydrogens (tertiary/aromatic N) is 5. The smallest absolute Gasteiger partial charge is 0.337 e. The minimum atomic E-state index is -0.190. The fourth-order valence-corrected chi connectivity index (χ4v) is 1.26. The summed E-state index contributed by atoms with van der Waals surface area (Å²) < 4.78 is 6.63. The van der Waals surface area contributed by atoms with E-state index in [4.69, 9.17) is 4.74 Å². The first kappa shape index (κ1) is 12.0. The SMILES string of the molecule is CCOc1n[nH]c(NC(=O)CCn2ccnn2)n1. The largest absolute Gasteiger partial charge is 0.463 e. The summed E-state index contributed by atoms with van der Waals surface area (Å²) in [4.78, 5) is 15.5. The molecule has 0 atom stereocenters. The molecule has 0 aliphatic rings. The number of aromatic nitrogens is 6. The predicted molar refractivity (Wildman–Crippen MR) is 60.8 cm³/mol. The second kappa shape index (κ2) is 5.75. The maximum absolute atomic E-state index is 11.6. The molecular weight excluding hydrogens is 238 g/mol. The van der Waals surface area contributed by atoms with Crippen molar-refractivity contribution in [2.45, 2.75) is 19.9 Å². The number of aryl methyl sites for hydroxylation is 1. The Morgan fingerprint density at radius 3 is 3.22 bits per heavy atom. The number of hydrogen-bond acceptors (Lipinski definition) is 6. The Morgan fingerprint density at radius 1 is 1.61 bits per heavy atom. The minimum Gasteiger partial charge on any atom is -0.463 e. The van der Waals surface area contributed by atoms with Gasteiger partial charge >= 0.3 is 6.01 Å². The van der Waals surface area contributed by atoms with Gasteiger partial charge in [-0.2, -0.15) is 4.98 Å². The molecule has 2 N–H and O–H groups in total. The van der Waals surface area contributed by atoms with Crippen LogP contribution in [-0.4, -0.2) is 42.7 Å². The van der Waals surface area contributed by atoms with Crippen molar-refractivity contribution in [3.05, 3.63) is 12.4 Å². The van der Waals surface area contributed by atoms with Crippen molar-refractivity contribution in [3.63, 3.8) is 0 Å². The average molecular weight is 251 g/mol. The summed E-state index contributed by atoms with van der Waals surface area (Å²) in [5.41, 5.74) is 0. The number of carbonyl (C=O) groups excluding carboxylic acids is 1. The third kappa shape index (κ3) is 3.27. The van der Waals surface area contributed by atoms with E-state index >= 15 is 0 Å². The molecule has 0 radical (unpaired) electrons. The highest BCUT2D eigenvalue weighted by Gasteiger charge is 2.07. The van der Waals surface area contributed by atoms with Crippen molar-refractivity contribution in [1.82, 2.24) is 30.2 Å². The van der Waals surface area contributed by atoms with Gasteiger partial charge in [0.15, 0.2) is 0 Å². The molecule has 0 fully saturated rings. The zero-order valence-corrected chi connectivity index (χ0v) is 9.83. The summed E-state index contributed by atoms with van der Waals surface area (Å²) in [6.45, 7) is 2.75. The Hall–Kier alpha value is -2.45. The number of carbonyl (C=O) groups is 1. The van der Waals surface area contributed by atoms with Crippen LogP contribution >= 0.6 is 0 Å². The van der Waals surface area contributed by atoms with E-state index in [0.717, 1.165) is 0 Å². The number of anilines is 1. The van der Waals surface area contributed by atoms with Gasteiger partial charge in [0.2, 0.25) is 11.9 Å². The van der Waals surface area contributed by atoms with Gasteiger partial charge in [0, 0.05) is 12.6 Å². The van der Waals surface area contributed by atoms with E-state index in [1.807, 2.05) is 6.92 Å². The first-order valence-corrected chi connectivity index (χ1v) is 5.47. The van der Waals surface area contributed by atoms with E-state index in [1.54, 1.807) is 17.1 Å². The number of amides is 1. The van der Waals surface area contributed by atoms with Crippen molar-refractivity contribution < 1.29 is 9.53 Å². The van der Waals surface area contributed by atoms with Gasteiger partial charge in [0.25, 0.3) is 0 Å². The third-order valence-corrected chi connectivity index (χ3v) is 2.04. The second-order valence-electron chi connectivity index (χ2n) is 3.36. The molecule has 2 aromatic rings. The van der Waals surface area contributed by atoms with Crippen LogP contribution in [0.25, 0.3) is 0 Å². The highest BCUT2D eigenvalue weighted by molar-refractivity contribution is 5.88. The number of H-pyrrole nitrogens is 1. The van der Waals surface area contributed by atoms with Crippen molar-refractivity contribution in [2.24, 2.45) is 0 Å². The molecular formula is C9H13N7O2. The molecule has 96 valence electrons. The zero-order chi connectivity index (χ0) is 12.8. The second-order valence-corrected chi connectivity index (χ2v) is 3.36. The summed E-state index contributed by atoms with van der Waals surface area (Å²) in [5, 5.41) is 16.3. The molecule has 2 rings (SSSR count). The standard InChI is InChI=1S/C9H13N7O2/c1-2-18-9-12-8(13-14-9)11-7(17)3-5-16-6-4-10-15-16/h4,6H,2-3,5H2,1H3,(H2,11,12,13,14,17). The molecule has 0 aliphatic heterocycles. The van der Waals surface area contributed by atoms with E-state index < -0.39 is 0 Å². The van der Waals surface area contributed by atoms with E-state index in [-0.39, 0.29) is 24.3 Å². The van der Waals surface area contributed by atoms with Crippen LogP contribution in [0.1, 0.15) is 13.3 Å². The van der Waals surface area contributed by atoms with Crippen molar-refractivity contribution in [3.8, 4) is 6.01 Å². The van der Waals surface area contributed by atoms with Gasteiger partial charge in [-0.3, -0.25) is 14.8 Å². The van der Waals surface area contributed by atoms with Crippen LogP contribution in [0.2, 0.25) is 0 Å². The van der Waals surface area contributed by atoms with Gasteiger partial charge in [-0.25, -0.2) is 5.10 Å². The van der Waals surface area contributed by atoms with Crippen LogP contribution in [0.5, 0.6) is 6.01 Å². The molecule has 9 nitrogen and oxygen atoms in total. The molecule has 0 aromatic carbocycles. The molecule has 1 amide bonds. The van der Waals surface area contributed by atoms with Crippen LogP contribution in [0.3, 0.4) is 0 Å². The first-order valence-electron chi connectivity index (χ1n) is 5.47. The Labute approximate surface area is 103 Å². The normalized spacial score (nSPS) is 10.3. The lowest BCUT2D eigenvalue weighted by Gasteiger charge is -2.00. The summed E-state index contributed by atoms with van der Waals surface area (Å²) in [5.74, 6) is 0.0757. The van der Waals surface area contributed by atoms with E-state index in [9.17, 15) is 4.79 Å². The van der Waals surface area contributed by atoms with Crippen LogP contribution in [0.15, 0.2) is 12.4 Å². The monoisotopic (exact) mass is 251 g/mol. The van der Waals surface area contributed by atoms with E-state index in [1.165, 1.54) is 0 Å². The molecule has 18 heavy (non-hydrogen) atoms.